The summed E-state index contributed by atoms with van der Waals surface area (Å²) >= 11 is 0. The number of hydrogen-bond acceptors (Lipinski definition) is 2. The van der Waals surface area contributed by atoms with Crippen LogP contribution < -0.4 is 21.2 Å². The van der Waals surface area contributed by atoms with E-state index < -0.39 is 7.92 Å². The van der Waals surface area contributed by atoms with Crippen LogP contribution in [0.1, 0.15) is 64.2 Å². The lowest BCUT2D eigenvalue weighted by molar-refractivity contribution is 0.307. The fourth-order valence-corrected chi connectivity index (χ4v) is 7.41. The van der Waals surface area contributed by atoms with Gasteiger partial charge in [0.2, 0.25) is 0 Å². The van der Waals surface area contributed by atoms with E-state index in [1.54, 1.807) is 0 Å². The monoisotopic (exact) mass is 394 g/mol. The van der Waals surface area contributed by atoms with Crippen molar-refractivity contribution in [2.45, 2.75) is 82.2 Å². The Hall–Kier alpha value is -1.21. The topological polar surface area (TPSA) is 24.1 Å². The van der Waals surface area contributed by atoms with Gasteiger partial charge in [-0.2, -0.15) is 0 Å². The highest BCUT2D eigenvalue weighted by molar-refractivity contribution is 7.73. The zero-order valence-electron chi connectivity index (χ0n) is 17.0. The molecule has 0 unspecified atom stereocenters. The van der Waals surface area contributed by atoms with Crippen LogP contribution in [0.15, 0.2) is 60.7 Å². The number of hydrogen-bond donors (Lipinski definition) is 2. The first-order valence-corrected chi connectivity index (χ1v) is 12.7. The predicted octanol–water partition coefficient (Wildman–Crippen LogP) is 5.25. The third-order valence-corrected chi connectivity index (χ3v) is 8.85. The summed E-state index contributed by atoms with van der Waals surface area (Å²) in [7, 11) is -0.486. The molecule has 4 rings (SSSR count). The van der Waals surface area contributed by atoms with E-state index in [1.807, 2.05) is 0 Å². The predicted molar refractivity (Wildman–Crippen MR) is 123 cm³/mol. The van der Waals surface area contributed by atoms with E-state index in [2.05, 4.69) is 71.3 Å². The van der Waals surface area contributed by atoms with Crippen molar-refractivity contribution in [1.29, 1.82) is 0 Å². The molecule has 0 radical (unpaired) electrons. The van der Waals surface area contributed by atoms with Crippen molar-refractivity contribution in [1.82, 2.24) is 10.6 Å². The minimum absolute atomic E-state index is 0.353. The maximum atomic E-state index is 4.12. The molecule has 2 fully saturated rings. The Morgan fingerprint density at radius 1 is 0.571 bits per heavy atom. The molecule has 2 aliphatic carbocycles. The fourth-order valence-electron chi connectivity index (χ4n) is 4.81. The van der Waals surface area contributed by atoms with Crippen LogP contribution in [0.4, 0.5) is 0 Å². The van der Waals surface area contributed by atoms with Crippen molar-refractivity contribution in [3.05, 3.63) is 60.7 Å². The molecule has 0 saturated heterocycles. The van der Waals surface area contributed by atoms with E-state index in [4.69, 9.17) is 0 Å². The van der Waals surface area contributed by atoms with Gasteiger partial charge in [0.15, 0.2) is 0 Å². The van der Waals surface area contributed by atoms with Gasteiger partial charge >= 0.3 is 0 Å². The van der Waals surface area contributed by atoms with Gasteiger partial charge in [0.05, 0.1) is 5.91 Å². The summed E-state index contributed by atoms with van der Waals surface area (Å²) in [5.74, 6) is 0.353. The molecule has 2 N–H and O–H groups in total. The van der Waals surface area contributed by atoms with Gasteiger partial charge < -0.3 is 0 Å². The van der Waals surface area contributed by atoms with Crippen LogP contribution in [0.2, 0.25) is 0 Å². The quantitative estimate of drug-likeness (QED) is 0.495. The van der Waals surface area contributed by atoms with Crippen molar-refractivity contribution >= 4 is 18.5 Å². The van der Waals surface area contributed by atoms with E-state index in [0.717, 1.165) is 0 Å². The highest BCUT2D eigenvalue weighted by Crippen LogP contribution is 2.38. The Morgan fingerprint density at radius 2 is 0.964 bits per heavy atom. The fraction of sp³-hybridized carbons (Fsp3) is 0.520. The molecule has 2 aliphatic rings. The summed E-state index contributed by atoms with van der Waals surface area (Å²) in [6.45, 7) is 0. The summed E-state index contributed by atoms with van der Waals surface area (Å²) in [6.07, 6.45) is 13.6. The van der Waals surface area contributed by atoms with Gasteiger partial charge in [-0.25, -0.2) is 0 Å². The van der Waals surface area contributed by atoms with E-state index in [1.165, 1.54) is 74.8 Å². The van der Waals surface area contributed by atoms with Gasteiger partial charge in [-0.1, -0.05) is 99.2 Å². The van der Waals surface area contributed by atoms with Gasteiger partial charge in [0.25, 0.3) is 0 Å². The zero-order valence-corrected chi connectivity index (χ0v) is 17.9. The molecular weight excluding hydrogens is 359 g/mol. The molecule has 2 nitrogen and oxygen atoms in total. The first-order valence-electron chi connectivity index (χ1n) is 11.3. The Morgan fingerprint density at radius 3 is 1.36 bits per heavy atom. The number of rotatable bonds is 7. The molecule has 28 heavy (non-hydrogen) atoms. The molecule has 0 bridgehead atoms. The van der Waals surface area contributed by atoms with Crippen molar-refractivity contribution in [3.8, 4) is 0 Å². The molecule has 2 aromatic rings. The molecule has 2 aromatic carbocycles. The second-order valence-electron chi connectivity index (χ2n) is 8.45. The van der Waals surface area contributed by atoms with Gasteiger partial charge in [-0.15, -0.1) is 0 Å². The second-order valence-corrected chi connectivity index (χ2v) is 10.7. The zero-order chi connectivity index (χ0) is 19.0. The van der Waals surface area contributed by atoms with Crippen LogP contribution in [-0.4, -0.2) is 18.0 Å². The third-order valence-electron chi connectivity index (χ3n) is 6.32. The van der Waals surface area contributed by atoms with Gasteiger partial charge in [0, 0.05) is 12.1 Å². The first kappa shape index (κ1) is 20.1. The van der Waals surface area contributed by atoms with Gasteiger partial charge in [-0.05, 0) is 44.2 Å². The molecule has 0 aromatic heterocycles. The molecular formula is C25H35N2P. The number of benzene rings is 2. The molecule has 0 atom stereocenters. The van der Waals surface area contributed by atoms with E-state index in [-0.39, 0.29) is 0 Å². The molecule has 0 heterocycles. The minimum atomic E-state index is -0.486. The van der Waals surface area contributed by atoms with E-state index in [0.29, 0.717) is 18.0 Å². The maximum Gasteiger partial charge on any atom is 0.0862 e. The van der Waals surface area contributed by atoms with Crippen LogP contribution >= 0.6 is 7.92 Å². The van der Waals surface area contributed by atoms with Crippen molar-refractivity contribution in [3.63, 3.8) is 0 Å². The van der Waals surface area contributed by atoms with Crippen LogP contribution in [0.5, 0.6) is 0 Å². The standard InChI is InChI=1S/C25H35N2P/c1-5-13-21(14-6-1)26-25(27-22-15-7-2-8-16-22)28(23-17-9-3-10-18-23)24-19-11-4-12-20-24/h3-4,9-12,17-22,25-27H,1-2,5-8,13-16H2. The normalized spacial score (nSPS) is 19.4. The molecule has 0 spiro atoms. The summed E-state index contributed by atoms with van der Waals surface area (Å²) in [4.78, 5) is 0. The maximum absolute atomic E-state index is 4.12. The molecule has 3 heteroatoms. The molecule has 150 valence electrons. The smallest absolute Gasteiger partial charge is 0.0862 e. The summed E-state index contributed by atoms with van der Waals surface area (Å²) in [6, 6.07) is 23.7. The second kappa shape index (κ2) is 10.5. The van der Waals surface area contributed by atoms with Crippen molar-refractivity contribution < 1.29 is 0 Å². The minimum Gasteiger partial charge on any atom is -0.295 e. The van der Waals surface area contributed by atoms with Crippen LogP contribution in [0.25, 0.3) is 0 Å². The average molecular weight is 395 g/mol. The average Bonchev–Trinajstić information content (AvgIpc) is 2.77. The van der Waals surface area contributed by atoms with Crippen molar-refractivity contribution in [2.75, 3.05) is 0 Å². The highest BCUT2D eigenvalue weighted by atomic mass is 31.1. The Kier molecular flexibility index (Phi) is 7.55. The van der Waals surface area contributed by atoms with Gasteiger partial charge in [0.1, 0.15) is 0 Å². The lowest BCUT2D eigenvalue weighted by Crippen LogP contribution is -2.53. The molecule has 2 saturated carbocycles. The molecule has 0 amide bonds. The highest BCUT2D eigenvalue weighted by Gasteiger charge is 2.29. The van der Waals surface area contributed by atoms with Gasteiger partial charge in [-0.3, -0.25) is 10.6 Å². The Balaban J connectivity index is 1.62. The van der Waals surface area contributed by atoms with Crippen molar-refractivity contribution in [2.24, 2.45) is 0 Å². The third kappa shape index (κ3) is 5.44. The Labute approximate surface area is 172 Å². The Bertz CT molecular complexity index is 619. The first-order chi connectivity index (χ1) is 13.9. The van der Waals surface area contributed by atoms with E-state index >= 15 is 0 Å². The summed E-state index contributed by atoms with van der Waals surface area (Å²) in [5.41, 5.74) is 0. The summed E-state index contributed by atoms with van der Waals surface area (Å²) in [5, 5.41) is 11.2. The lowest BCUT2D eigenvalue weighted by atomic mass is 9.95. The largest absolute Gasteiger partial charge is 0.295 e. The van der Waals surface area contributed by atoms with Crippen LogP contribution in [-0.2, 0) is 0 Å². The van der Waals surface area contributed by atoms with Crippen LogP contribution in [0, 0.1) is 0 Å². The van der Waals surface area contributed by atoms with Crippen LogP contribution in [0.3, 0.4) is 0 Å². The lowest BCUT2D eigenvalue weighted by Gasteiger charge is -2.38. The number of nitrogens with one attached hydrogen (secondary N) is 2. The SMILES string of the molecule is c1ccc(P(c2ccccc2)C(NC2CCCCC2)NC2CCCCC2)cc1. The summed E-state index contributed by atoms with van der Waals surface area (Å²) < 4.78 is 0. The molecule has 0 aliphatic heterocycles. The van der Waals surface area contributed by atoms with E-state index in [9.17, 15) is 0 Å².